The third kappa shape index (κ3) is 3.83. The summed E-state index contributed by atoms with van der Waals surface area (Å²) in [5.74, 6) is 0.918. The van der Waals surface area contributed by atoms with Crippen molar-refractivity contribution in [3.05, 3.63) is 65.8 Å². The number of methoxy groups -OCH3 is 2. The summed E-state index contributed by atoms with van der Waals surface area (Å²) in [6, 6.07) is 15.0. The Morgan fingerprint density at radius 1 is 1.10 bits per heavy atom. The summed E-state index contributed by atoms with van der Waals surface area (Å²) < 4.78 is 10.8. The van der Waals surface area contributed by atoms with E-state index >= 15 is 0 Å². The topological polar surface area (TPSA) is 89.1 Å². The SMILES string of the molecule is COc1cccc(-c2nc(C(=O)Nc3cccc(-c4ccn[nH]4)c3)cs2)c1OC. The number of hydrogen-bond donors (Lipinski definition) is 2. The second kappa shape index (κ2) is 8.15. The Labute approximate surface area is 171 Å². The number of ether oxygens (including phenoxy) is 2. The van der Waals surface area contributed by atoms with Gasteiger partial charge in [0.25, 0.3) is 5.91 Å². The fourth-order valence-corrected chi connectivity index (χ4v) is 3.76. The first kappa shape index (κ1) is 18.7. The molecule has 0 aliphatic rings. The van der Waals surface area contributed by atoms with Crippen molar-refractivity contribution in [1.29, 1.82) is 0 Å². The van der Waals surface area contributed by atoms with E-state index in [-0.39, 0.29) is 5.91 Å². The Bertz CT molecular complexity index is 1140. The number of nitrogens with one attached hydrogen (secondary N) is 2. The van der Waals surface area contributed by atoms with E-state index in [2.05, 4.69) is 20.5 Å². The van der Waals surface area contributed by atoms with E-state index in [1.54, 1.807) is 25.8 Å². The van der Waals surface area contributed by atoms with Crippen LogP contribution in [-0.2, 0) is 0 Å². The molecule has 2 N–H and O–H groups in total. The van der Waals surface area contributed by atoms with Gasteiger partial charge in [-0.05, 0) is 30.3 Å². The molecule has 8 heteroatoms. The first-order valence-corrected chi connectivity index (χ1v) is 9.65. The standard InChI is InChI=1S/C21H18N4O3S/c1-27-18-8-4-7-15(19(18)28-2)21-24-17(12-29-21)20(26)23-14-6-3-5-13(11-14)16-9-10-22-25-16/h3-12H,1-2H3,(H,22,25)(H,23,26). The zero-order valence-electron chi connectivity index (χ0n) is 15.8. The van der Waals surface area contributed by atoms with Crippen LogP contribution in [0.15, 0.2) is 60.1 Å². The van der Waals surface area contributed by atoms with Crippen LogP contribution in [0, 0.1) is 0 Å². The Balaban J connectivity index is 1.56. The fourth-order valence-electron chi connectivity index (χ4n) is 2.93. The molecule has 29 heavy (non-hydrogen) atoms. The third-order valence-corrected chi connectivity index (χ3v) is 5.18. The van der Waals surface area contributed by atoms with Crippen molar-refractivity contribution in [3.8, 4) is 33.3 Å². The molecular weight excluding hydrogens is 388 g/mol. The van der Waals surface area contributed by atoms with Crippen LogP contribution in [0.4, 0.5) is 5.69 Å². The predicted molar refractivity (Wildman–Crippen MR) is 113 cm³/mol. The molecule has 0 radical (unpaired) electrons. The number of aromatic nitrogens is 3. The van der Waals surface area contributed by atoms with E-state index < -0.39 is 0 Å². The molecule has 4 rings (SSSR count). The summed E-state index contributed by atoms with van der Waals surface area (Å²) in [6.45, 7) is 0. The van der Waals surface area contributed by atoms with Crippen molar-refractivity contribution in [2.45, 2.75) is 0 Å². The minimum Gasteiger partial charge on any atom is -0.493 e. The molecule has 1 amide bonds. The first-order chi connectivity index (χ1) is 14.2. The number of para-hydroxylation sites is 1. The van der Waals surface area contributed by atoms with Crippen LogP contribution in [0.25, 0.3) is 21.8 Å². The molecule has 0 atom stereocenters. The summed E-state index contributed by atoms with van der Waals surface area (Å²) in [6.07, 6.45) is 1.68. The molecule has 0 spiro atoms. The number of hydrogen-bond acceptors (Lipinski definition) is 6. The lowest BCUT2D eigenvalue weighted by molar-refractivity contribution is 0.102. The zero-order chi connectivity index (χ0) is 20.2. The van der Waals surface area contributed by atoms with E-state index in [1.165, 1.54) is 11.3 Å². The van der Waals surface area contributed by atoms with Gasteiger partial charge in [-0.2, -0.15) is 5.10 Å². The molecule has 0 saturated heterocycles. The number of benzene rings is 2. The average Bonchev–Trinajstić information content (AvgIpc) is 3.45. The third-order valence-electron chi connectivity index (χ3n) is 4.30. The van der Waals surface area contributed by atoms with Gasteiger partial charge in [0, 0.05) is 22.8 Å². The van der Waals surface area contributed by atoms with E-state index in [0.717, 1.165) is 16.8 Å². The highest BCUT2D eigenvalue weighted by Crippen LogP contribution is 2.39. The Hall–Kier alpha value is -3.65. The van der Waals surface area contributed by atoms with Crippen LogP contribution in [-0.4, -0.2) is 35.3 Å². The van der Waals surface area contributed by atoms with Gasteiger partial charge in [-0.25, -0.2) is 4.98 Å². The summed E-state index contributed by atoms with van der Waals surface area (Å²) in [5.41, 5.74) is 3.59. The smallest absolute Gasteiger partial charge is 0.275 e. The number of nitrogens with zero attached hydrogens (tertiary/aromatic N) is 2. The normalized spacial score (nSPS) is 10.6. The van der Waals surface area contributed by atoms with E-state index in [4.69, 9.17) is 9.47 Å². The molecule has 2 aromatic heterocycles. The van der Waals surface area contributed by atoms with Gasteiger partial charge in [0.1, 0.15) is 10.7 Å². The number of anilines is 1. The minimum absolute atomic E-state index is 0.281. The summed E-state index contributed by atoms with van der Waals surface area (Å²) in [4.78, 5) is 17.2. The lowest BCUT2D eigenvalue weighted by Gasteiger charge is -2.10. The van der Waals surface area contributed by atoms with Crippen molar-refractivity contribution in [3.63, 3.8) is 0 Å². The van der Waals surface area contributed by atoms with Crippen LogP contribution in [0.3, 0.4) is 0 Å². The molecule has 2 heterocycles. The number of aromatic amines is 1. The van der Waals surface area contributed by atoms with Crippen molar-refractivity contribution in [1.82, 2.24) is 15.2 Å². The van der Waals surface area contributed by atoms with Crippen molar-refractivity contribution in [2.75, 3.05) is 19.5 Å². The van der Waals surface area contributed by atoms with Gasteiger partial charge in [0.05, 0.1) is 25.5 Å². The van der Waals surface area contributed by atoms with Crippen LogP contribution in [0.1, 0.15) is 10.5 Å². The van der Waals surface area contributed by atoms with E-state index in [9.17, 15) is 4.79 Å². The first-order valence-electron chi connectivity index (χ1n) is 8.77. The maximum absolute atomic E-state index is 12.7. The Kier molecular flexibility index (Phi) is 5.26. The highest BCUT2D eigenvalue weighted by atomic mass is 32.1. The van der Waals surface area contributed by atoms with Gasteiger partial charge in [0.15, 0.2) is 11.5 Å². The molecule has 0 bridgehead atoms. The van der Waals surface area contributed by atoms with Gasteiger partial charge >= 0.3 is 0 Å². The largest absolute Gasteiger partial charge is 0.493 e. The van der Waals surface area contributed by atoms with Crippen molar-refractivity contribution >= 4 is 22.9 Å². The summed E-state index contributed by atoms with van der Waals surface area (Å²) in [7, 11) is 3.16. The molecule has 0 saturated carbocycles. The monoisotopic (exact) mass is 406 g/mol. The number of thiazole rings is 1. The molecule has 0 aliphatic carbocycles. The fraction of sp³-hybridized carbons (Fsp3) is 0.0952. The van der Waals surface area contributed by atoms with E-state index in [1.807, 2.05) is 48.5 Å². The van der Waals surface area contributed by atoms with E-state index in [0.29, 0.717) is 27.9 Å². The minimum atomic E-state index is -0.281. The lowest BCUT2D eigenvalue weighted by Crippen LogP contribution is -2.12. The van der Waals surface area contributed by atoms with Crippen LogP contribution in [0.2, 0.25) is 0 Å². The Morgan fingerprint density at radius 2 is 1.97 bits per heavy atom. The Morgan fingerprint density at radius 3 is 2.72 bits per heavy atom. The van der Waals surface area contributed by atoms with Gasteiger partial charge in [-0.15, -0.1) is 11.3 Å². The number of carbonyl (C=O) groups is 1. The highest BCUT2D eigenvalue weighted by Gasteiger charge is 2.17. The molecule has 0 unspecified atom stereocenters. The van der Waals surface area contributed by atoms with Gasteiger partial charge in [-0.3, -0.25) is 9.89 Å². The molecule has 0 fully saturated rings. The molecule has 0 aliphatic heterocycles. The lowest BCUT2D eigenvalue weighted by atomic mass is 10.1. The van der Waals surface area contributed by atoms with Crippen molar-refractivity contribution in [2.24, 2.45) is 0 Å². The molecule has 4 aromatic rings. The quantitative estimate of drug-likeness (QED) is 0.493. The summed E-state index contributed by atoms with van der Waals surface area (Å²) in [5, 5.41) is 12.2. The van der Waals surface area contributed by atoms with Crippen LogP contribution < -0.4 is 14.8 Å². The molecular formula is C21H18N4O3S. The van der Waals surface area contributed by atoms with Crippen LogP contribution in [0.5, 0.6) is 11.5 Å². The average molecular weight is 406 g/mol. The van der Waals surface area contributed by atoms with Crippen LogP contribution >= 0.6 is 11.3 Å². The number of amides is 1. The number of rotatable bonds is 6. The van der Waals surface area contributed by atoms with Gasteiger partial charge < -0.3 is 14.8 Å². The predicted octanol–water partition coefficient (Wildman–Crippen LogP) is 4.47. The highest BCUT2D eigenvalue weighted by molar-refractivity contribution is 7.13. The summed E-state index contributed by atoms with van der Waals surface area (Å²) >= 11 is 1.37. The van der Waals surface area contributed by atoms with Gasteiger partial charge in [-0.1, -0.05) is 18.2 Å². The van der Waals surface area contributed by atoms with Gasteiger partial charge in [0.2, 0.25) is 0 Å². The maximum Gasteiger partial charge on any atom is 0.275 e. The molecule has 146 valence electrons. The number of H-pyrrole nitrogens is 1. The second-order valence-corrected chi connectivity index (χ2v) is 6.94. The zero-order valence-corrected chi connectivity index (χ0v) is 16.6. The maximum atomic E-state index is 12.7. The molecule has 7 nitrogen and oxygen atoms in total. The molecule has 2 aromatic carbocycles. The van der Waals surface area contributed by atoms with Crippen molar-refractivity contribution < 1.29 is 14.3 Å². The second-order valence-electron chi connectivity index (χ2n) is 6.08. The number of carbonyl (C=O) groups excluding carboxylic acids is 1.